The number of anilines is 1. The van der Waals surface area contributed by atoms with Gasteiger partial charge in [-0.3, -0.25) is 9.29 Å². The van der Waals surface area contributed by atoms with Crippen LogP contribution in [0.5, 0.6) is 17.2 Å². The number of hydrogen-bond acceptors (Lipinski definition) is 8. The van der Waals surface area contributed by atoms with E-state index in [4.69, 9.17) is 14.2 Å². The van der Waals surface area contributed by atoms with Crippen molar-refractivity contribution in [2.24, 2.45) is 0 Å². The number of aliphatic hydroxyl groups excluding tert-OH is 1. The molecule has 0 aliphatic rings. The summed E-state index contributed by atoms with van der Waals surface area (Å²) >= 11 is 0. The maximum atomic E-state index is 11.9. The second-order valence-corrected chi connectivity index (χ2v) is 13.7. The van der Waals surface area contributed by atoms with Crippen molar-refractivity contribution in [3.63, 3.8) is 0 Å². The smallest absolute Gasteiger partial charge is 0.229 e. The molecule has 0 aromatic heterocycles. The van der Waals surface area contributed by atoms with Gasteiger partial charge in [-0.2, -0.15) is 0 Å². The summed E-state index contributed by atoms with van der Waals surface area (Å²) < 4.78 is 54.9. The first-order valence-corrected chi connectivity index (χ1v) is 17.7. The lowest BCUT2D eigenvalue weighted by molar-refractivity contribution is 0.104. The van der Waals surface area contributed by atoms with Crippen LogP contribution in [-0.2, 0) is 34.2 Å². The fourth-order valence-corrected chi connectivity index (χ4v) is 5.40. The van der Waals surface area contributed by atoms with Gasteiger partial charge in [-0.25, -0.2) is 8.42 Å². The summed E-state index contributed by atoms with van der Waals surface area (Å²) in [6.45, 7) is 2.97. The molecule has 0 saturated carbocycles. The number of aliphatic hydroxyl groups is 1. The summed E-state index contributed by atoms with van der Waals surface area (Å²) in [4.78, 5) is 9.20. The van der Waals surface area contributed by atoms with Crippen LogP contribution in [0.1, 0.15) is 23.6 Å². The summed E-state index contributed by atoms with van der Waals surface area (Å²) in [5.41, 5.74) is 3.20. The molecule has 4 rings (SSSR count). The Bertz CT molecular complexity index is 1640. The third kappa shape index (κ3) is 11.9. The van der Waals surface area contributed by atoms with Gasteiger partial charge in [-0.15, -0.1) is 0 Å². The van der Waals surface area contributed by atoms with Crippen molar-refractivity contribution in [1.82, 2.24) is 5.32 Å². The molecule has 45 heavy (non-hydrogen) atoms. The van der Waals surface area contributed by atoms with Gasteiger partial charge in [0.25, 0.3) is 0 Å². The van der Waals surface area contributed by atoms with Crippen LogP contribution in [0.4, 0.5) is 5.69 Å². The van der Waals surface area contributed by atoms with Gasteiger partial charge < -0.3 is 29.5 Å². The molecule has 3 unspecified atom stereocenters. The van der Waals surface area contributed by atoms with Crippen molar-refractivity contribution in [1.29, 1.82) is 0 Å². The van der Waals surface area contributed by atoms with Crippen LogP contribution in [0.25, 0.3) is 0 Å². The summed E-state index contributed by atoms with van der Waals surface area (Å²) in [7, 11) is -6.25. The highest BCUT2D eigenvalue weighted by Crippen LogP contribution is 2.31. The maximum absolute atomic E-state index is 11.9. The molecule has 4 aromatic rings. The Morgan fingerprint density at radius 2 is 1.42 bits per heavy atom. The van der Waals surface area contributed by atoms with E-state index in [1.54, 1.807) is 36.4 Å². The van der Waals surface area contributed by atoms with Crippen LogP contribution in [0.3, 0.4) is 0 Å². The predicted molar refractivity (Wildman–Crippen MR) is 176 cm³/mol. The molecule has 240 valence electrons. The van der Waals surface area contributed by atoms with E-state index < -0.39 is 24.2 Å². The van der Waals surface area contributed by atoms with Gasteiger partial charge in [0.05, 0.1) is 11.9 Å². The van der Waals surface area contributed by atoms with E-state index >= 15 is 0 Å². The van der Waals surface area contributed by atoms with E-state index in [2.05, 4.69) is 10.0 Å². The zero-order valence-corrected chi connectivity index (χ0v) is 27.0. The topological polar surface area (TPSA) is 143 Å². The average Bonchev–Trinajstić information content (AvgIpc) is 3.02. The molecule has 0 bridgehead atoms. The molecule has 0 amide bonds. The number of ether oxygens (including phenoxy) is 3. The summed E-state index contributed by atoms with van der Waals surface area (Å²) in [5.74, 6) is 1.47. The number of nitrogens with one attached hydrogen (secondary N) is 2. The lowest BCUT2D eigenvalue weighted by Crippen LogP contribution is -2.37. The highest BCUT2D eigenvalue weighted by atomic mass is 32.2. The second-order valence-electron chi connectivity index (χ2n) is 10.7. The highest BCUT2D eigenvalue weighted by molar-refractivity contribution is 7.92. The van der Waals surface area contributed by atoms with Gasteiger partial charge in [0.1, 0.15) is 43.2 Å². The van der Waals surface area contributed by atoms with E-state index in [1.165, 1.54) is 6.07 Å². The first-order valence-electron chi connectivity index (χ1n) is 14.4. The summed E-state index contributed by atoms with van der Waals surface area (Å²) in [6.07, 6.45) is 1.01. The summed E-state index contributed by atoms with van der Waals surface area (Å²) in [5, 5.41) is 14.2. The molecule has 0 radical (unpaired) electrons. The van der Waals surface area contributed by atoms with Gasteiger partial charge in [-0.1, -0.05) is 54.6 Å². The minimum absolute atomic E-state index is 0.00983. The minimum Gasteiger partial charge on any atom is -0.491 e. The standard InChI is InChI=1S/C33H39N2O8PS/c1-24(18-25-8-12-29(13-9-25)41-21-27-10-15-31(16-11-27)44(37)38)34-20-28(36)23-42-30-14-17-33(32(19-30)35-45(2,39)40)43-22-26-6-4-3-5-7-26/h3-17,19,24,28,34-36,44H,18,20-23H2,1-2H3,(H,37,38). The van der Waals surface area contributed by atoms with Crippen LogP contribution in [-0.4, -0.2) is 50.0 Å². The van der Waals surface area contributed by atoms with E-state index in [1.807, 2.05) is 61.5 Å². The normalized spacial score (nSPS) is 13.4. The van der Waals surface area contributed by atoms with Crippen molar-refractivity contribution in [3.8, 4) is 17.2 Å². The Hall–Kier alpha value is -3.86. The molecule has 10 nitrogen and oxygen atoms in total. The Kier molecular flexibility index (Phi) is 12.4. The number of rotatable bonds is 17. The quantitative estimate of drug-likeness (QED) is 0.123. The van der Waals surface area contributed by atoms with Crippen molar-refractivity contribution >= 4 is 29.0 Å². The third-order valence-electron chi connectivity index (χ3n) is 6.70. The van der Waals surface area contributed by atoms with Crippen molar-refractivity contribution in [2.75, 3.05) is 24.1 Å². The lowest BCUT2D eigenvalue weighted by atomic mass is 10.1. The van der Waals surface area contributed by atoms with Gasteiger partial charge in [-0.05, 0) is 66.4 Å². The maximum Gasteiger partial charge on any atom is 0.229 e. The zero-order chi connectivity index (χ0) is 32.2. The van der Waals surface area contributed by atoms with Crippen LogP contribution < -0.4 is 29.6 Å². The fourth-order valence-electron chi connectivity index (χ4n) is 4.39. The Labute approximate surface area is 264 Å². The molecule has 3 atom stereocenters. The zero-order valence-electron chi connectivity index (χ0n) is 25.2. The predicted octanol–water partition coefficient (Wildman–Crippen LogP) is 4.27. The SMILES string of the molecule is CC(Cc1ccc(OCc2ccc([PH](=O)O)cc2)cc1)NCC(O)COc1ccc(OCc2ccccc2)c(NS(C)(=O)=O)c1. The van der Waals surface area contributed by atoms with Gasteiger partial charge in [0.2, 0.25) is 18.1 Å². The molecular weight excluding hydrogens is 615 g/mol. The second kappa shape index (κ2) is 16.5. The van der Waals surface area contributed by atoms with Gasteiger partial charge in [0, 0.05) is 24.0 Å². The van der Waals surface area contributed by atoms with E-state index in [0.29, 0.717) is 30.0 Å². The largest absolute Gasteiger partial charge is 0.491 e. The van der Waals surface area contributed by atoms with Crippen molar-refractivity contribution < 1.29 is 37.2 Å². The highest BCUT2D eigenvalue weighted by Gasteiger charge is 2.13. The Balaban J connectivity index is 1.21. The fraction of sp³-hybridized carbons (Fsp3) is 0.273. The number of sulfonamides is 1. The molecule has 12 heteroatoms. The molecular formula is C33H39N2O8PS. The van der Waals surface area contributed by atoms with Crippen LogP contribution in [0, 0.1) is 0 Å². The molecule has 0 spiro atoms. The molecule has 0 aliphatic carbocycles. The molecule has 4 aromatic carbocycles. The van der Waals surface area contributed by atoms with E-state index in [0.717, 1.165) is 35.1 Å². The molecule has 0 fully saturated rings. The first-order chi connectivity index (χ1) is 21.5. The van der Waals surface area contributed by atoms with Gasteiger partial charge in [0.15, 0.2) is 0 Å². The van der Waals surface area contributed by atoms with Gasteiger partial charge >= 0.3 is 0 Å². The molecule has 0 saturated heterocycles. The molecule has 0 aliphatic heterocycles. The monoisotopic (exact) mass is 654 g/mol. The third-order valence-corrected chi connectivity index (χ3v) is 8.12. The van der Waals surface area contributed by atoms with Crippen LogP contribution >= 0.6 is 8.03 Å². The van der Waals surface area contributed by atoms with Crippen LogP contribution in [0.2, 0.25) is 0 Å². The van der Waals surface area contributed by atoms with Crippen molar-refractivity contribution in [3.05, 3.63) is 114 Å². The first kappa shape index (κ1) is 34.0. The molecule has 4 N–H and O–H groups in total. The van der Waals surface area contributed by atoms with Crippen molar-refractivity contribution in [2.45, 2.75) is 38.7 Å². The Morgan fingerprint density at radius 1 is 0.800 bits per heavy atom. The lowest BCUT2D eigenvalue weighted by Gasteiger charge is -2.19. The molecule has 0 heterocycles. The van der Waals surface area contributed by atoms with E-state index in [-0.39, 0.29) is 24.9 Å². The number of benzene rings is 4. The van der Waals surface area contributed by atoms with Crippen LogP contribution in [0.15, 0.2) is 97.1 Å². The summed E-state index contributed by atoms with van der Waals surface area (Å²) in [6, 6.07) is 29.1. The minimum atomic E-state index is -3.56. The average molecular weight is 655 g/mol. The van der Waals surface area contributed by atoms with E-state index in [9.17, 15) is 23.0 Å². The Morgan fingerprint density at radius 3 is 2.09 bits per heavy atom. The number of hydrogen-bond donors (Lipinski definition) is 4.